The molecule has 1 rings (SSSR count). The lowest BCUT2D eigenvalue weighted by Gasteiger charge is -2.17. The van der Waals surface area contributed by atoms with E-state index < -0.39 is 0 Å². The first-order valence-corrected chi connectivity index (χ1v) is 8.03. The molecule has 6 nitrogen and oxygen atoms in total. The van der Waals surface area contributed by atoms with Crippen molar-refractivity contribution in [3.8, 4) is 0 Å². The molecule has 0 fully saturated rings. The van der Waals surface area contributed by atoms with Gasteiger partial charge in [-0.05, 0) is 35.2 Å². The fourth-order valence-corrected chi connectivity index (χ4v) is 2.02. The number of hydrogen-bond acceptors (Lipinski definition) is 5. The van der Waals surface area contributed by atoms with Crippen LogP contribution < -0.4 is 16.0 Å². The summed E-state index contributed by atoms with van der Waals surface area (Å²) in [6, 6.07) is -0.367. The zero-order chi connectivity index (χ0) is 15.8. The van der Waals surface area contributed by atoms with Crippen LogP contribution in [0.25, 0.3) is 0 Å². The topological polar surface area (TPSA) is 78.9 Å². The van der Waals surface area contributed by atoms with Crippen LogP contribution in [0, 0.1) is 5.92 Å². The molecule has 1 aromatic rings. The molecule has 21 heavy (non-hydrogen) atoms. The Morgan fingerprint density at radius 3 is 2.57 bits per heavy atom. The number of aromatic nitrogens is 2. The summed E-state index contributed by atoms with van der Waals surface area (Å²) in [5, 5.41) is 9.20. The highest BCUT2D eigenvalue weighted by atomic mass is 79.9. The average molecular weight is 358 g/mol. The van der Waals surface area contributed by atoms with Crippen LogP contribution in [0.1, 0.15) is 34.1 Å². The molecule has 0 bridgehead atoms. The van der Waals surface area contributed by atoms with Crippen LogP contribution in [0.5, 0.6) is 0 Å². The summed E-state index contributed by atoms with van der Waals surface area (Å²) < 4.78 is 0.738. The molecule has 7 heteroatoms. The molecule has 1 amide bonds. The Morgan fingerprint density at radius 1 is 1.29 bits per heavy atom. The number of amides is 1. The number of nitrogens with one attached hydrogen (secondary N) is 3. The zero-order valence-corrected chi connectivity index (χ0v) is 14.6. The average Bonchev–Trinajstić information content (AvgIpc) is 2.45. The van der Waals surface area contributed by atoms with Gasteiger partial charge in [-0.1, -0.05) is 20.8 Å². The van der Waals surface area contributed by atoms with Crippen LogP contribution in [0.15, 0.2) is 10.8 Å². The largest absolute Gasteiger partial charge is 0.369 e. The molecule has 0 aliphatic heterocycles. The smallest absolute Gasteiger partial charge is 0.242 e. The van der Waals surface area contributed by atoms with Gasteiger partial charge in [0.1, 0.15) is 28.5 Å². The zero-order valence-electron chi connectivity index (χ0n) is 13.0. The van der Waals surface area contributed by atoms with Crippen LogP contribution in [0.3, 0.4) is 0 Å². The highest BCUT2D eigenvalue weighted by molar-refractivity contribution is 9.10. The summed E-state index contributed by atoms with van der Waals surface area (Å²) in [6.07, 6.45) is 2.48. The molecule has 0 saturated heterocycles. The normalized spacial score (nSPS) is 12.1. The molecule has 118 valence electrons. The van der Waals surface area contributed by atoms with E-state index in [0.717, 1.165) is 23.3 Å². The number of halogens is 1. The third-order valence-electron chi connectivity index (χ3n) is 2.76. The van der Waals surface area contributed by atoms with Gasteiger partial charge in [0.05, 0.1) is 0 Å². The fraction of sp³-hybridized carbons (Fsp3) is 0.643. The quantitative estimate of drug-likeness (QED) is 0.666. The molecule has 1 aromatic heterocycles. The lowest BCUT2D eigenvalue weighted by atomic mass is 10.2. The van der Waals surface area contributed by atoms with Crippen LogP contribution in [-0.4, -0.2) is 35.0 Å². The van der Waals surface area contributed by atoms with Crippen molar-refractivity contribution in [1.29, 1.82) is 0 Å². The first-order valence-electron chi connectivity index (χ1n) is 7.24. The molecule has 0 aliphatic carbocycles. The molecule has 0 radical (unpaired) electrons. The van der Waals surface area contributed by atoms with Gasteiger partial charge in [0, 0.05) is 13.1 Å². The van der Waals surface area contributed by atoms with Gasteiger partial charge in [-0.25, -0.2) is 9.97 Å². The minimum Gasteiger partial charge on any atom is -0.369 e. The van der Waals surface area contributed by atoms with Gasteiger partial charge in [-0.15, -0.1) is 0 Å². The molecule has 3 N–H and O–H groups in total. The van der Waals surface area contributed by atoms with Crippen LogP contribution in [0.4, 0.5) is 11.6 Å². The Morgan fingerprint density at radius 2 is 1.95 bits per heavy atom. The molecule has 1 heterocycles. The van der Waals surface area contributed by atoms with Crippen LogP contribution in [-0.2, 0) is 4.79 Å². The summed E-state index contributed by atoms with van der Waals surface area (Å²) in [6.45, 7) is 9.51. The molecule has 1 unspecified atom stereocenters. The maximum atomic E-state index is 12.0. The van der Waals surface area contributed by atoms with Crippen molar-refractivity contribution in [2.24, 2.45) is 5.92 Å². The predicted octanol–water partition coefficient (Wildman–Crippen LogP) is 2.63. The van der Waals surface area contributed by atoms with Gasteiger partial charge < -0.3 is 16.0 Å². The number of hydrogen-bond donors (Lipinski definition) is 3. The molecule has 0 aromatic carbocycles. The molecular formula is C14H24BrN5O. The summed E-state index contributed by atoms with van der Waals surface area (Å²) in [7, 11) is 0. The van der Waals surface area contributed by atoms with Crippen LogP contribution >= 0.6 is 15.9 Å². The summed E-state index contributed by atoms with van der Waals surface area (Å²) in [5.41, 5.74) is 0. The van der Waals surface area contributed by atoms with Crippen molar-refractivity contribution in [3.63, 3.8) is 0 Å². The summed E-state index contributed by atoms with van der Waals surface area (Å²) in [5.74, 6) is 1.72. The van der Waals surface area contributed by atoms with Crippen molar-refractivity contribution in [3.05, 3.63) is 10.8 Å². The van der Waals surface area contributed by atoms with E-state index in [2.05, 4.69) is 62.6 Å². The van der Waals surface area contributed by atoms with E-state index >= 15 is 0 Å². The predicted molar refractivity (Wildman–Crippen MR) is 89.4 cm³/mol. The number of carbonyl (C=O) groups excluding carboxylic acids is 1. The number of rotatable bonds is 8. The van der Waals surface area contributed by atoms with Crippen molar-refractivity contribution in [2.75, 3.05) is 23.7 Å². The van der Waals surface area contributed by atoms with E-state index in [1.807, 2.05) is 6.92 Å². The standard InChI is InChI=1S/C14H24BrN5O/c1-5-6-16-12-11(15)13(19-8-18-12)20-10(4)14(21)17-7-9(2)3/h8-10H,5-7H2,1-4H3,(H,17,21)(H2,16,18,19,20). The molecular weight excluding hydrogens is 334 g/mol. The number of nitrogens with zero attached hydrogens (tertiary/aromatic N) is 2. The van der Waals surface area contributed by atoms with E-state index in [0.29, 0.717) is 18.3 Å². The van der Waals surface area contributed by atoms with E-state index in [9.17, 15) is 4.79 Å². The second-order valence-electron chi connectivity index (χ2n) is 5.32. The fourth-order valence-electron chi connectivity index (χ4n) is 1.57. The van der Waals surface area contributed by atoms with Gasteiger partial charge in [0.15, 0.2) is 0 Å². The van der Waals surface area contributed by atoms with E-state index in [1.165, 1.54) is 6.33 Å². The molecule has 0 aliphatic rings. The van der Waals surface area contributed by atoms with Gasteiger partial charge in [-0.3, -0.25) is 4.79 Å². The molecule has 1 atom stereocenters. The Labute approximate surface area is 134 Å². The van der Waals surface area contributed by atoms with Crippen LogP contribution in [0.2, 0.25) is 0 Å². The second-order valence-corrected chi connectivity index (χ2v) is 6.11. The molecule has 0 spiro atoms. The summed E-state index contributed by atoms with van der Waals surface area (Å²) in [4.78, 5) is 20.3. The lowest BCUT2D eigenvalue weighted by molar-refractivity contribution is -0.121. The first kappa shape index (κ1) is 17.7. The van der Waals surface area contributed by atoms with E-state index in [1.54, 1.807) is 0 Å². The minimum absolute atomic E-state index is 0.0442. The third-order valence-corrected chi connectivity index (χ3v) is 3.51. The Kier molecular flexibility index (Phi) is 7.42. The highest BCUT2D eigenvalue weighted by Gasteiger charge is 2.16. The van der Waals surface area contributed by atoms with Crippen molar-refractivity contribution in [1.82, 2.24) is 15.3 Å². The van der Waals surface area contributed by atoms with Crippen molar-refractivity contribution < 1.29 is 4.79 Å². The SMILES string of the molecule is CCCNc1ncnc(NC(C)C(=O)NCC(C)C)c1Br. The Bertz CT molecular complexity index is 467. The van der Waals surface area contributed by atoms with Crippen molar-refractivity contribution in [2.45, 2.75) is 40.2 Å². The van der Waals surface area contributed by atoms with Gasteiger partial charge in [0.25, 0.3) is 0 Å². The van der Waals surface area contributed by atoms with Gasteiger partial charge >= 0.3 is 0 Å². The molecule has 0 saturated carbocycles. The number of carbonyl (C=O) groups is 1. The van der Waals surface area contributed by atoms with E-state index in [-0.39, 0.29) is 11.9 Å². The maximum absolute atomic E-state index is 12.0. The maximum Gasteiger partial charge on any atom is 0.242 e. The summed E-state index contributed by atoms with van der Waals surface area (Å²) >= 11 is 3.47. The minimum atomic E-state index is -0.367. The van der Waals surface area contributed by atoms with E-state index in [4.69, 9.17) is 0 Å². The third kappa shape index (κ3) is 5.87. The second kappa shape index (κ2) is 8.81. The Hall–Kier alpha value is -1.37. The van der Waals surface area contributed by atoms with Gasteiger partial charge in [-0.2, -0.15) is 0 Å². The van der Waals surface area contributed by atoms with Crippen molar-refractivity contribution >= 4 is 33.5 Å². The lowest BCUT2D eigenvalue weighted by Crippen LogP contribution is -2.39. The number of anilines is 2. The monoisotopic (exact) mass is 357 g/mol. The van der Waals surface area contributed by atoms with Gasteiger partial charge in [0.2, 0.25) is 5.91 Å². The first-order chi connectivity index (χ1) is 9.95. The highest BCUT2D eigenvalue weighted by Crippen LogP contribution is 2.26. The Balaban J connectivity index is 2.67.